The lowest BCUT2D eigenvalue weighted by Gasteiger charge is -2.06. The minimum absolute atomic E-state index is 0.378. The maximum absolute atomic E-state index is 6.17. The van der Waals surface area contributed by atoms with Gasteiger partial charge in [0, 0.05) is 12.1 Å². The highest BCUT2D eigenvalue weighted by Crippen LogP contribution is 2.29. The predicted octanol–water partition coefficient (Wildman–Crippen LogP) is 2.26. The number of hydrogen-bond acceptors (Lipinski definition) is 4. The molecule has 0 aliphatic carbocycles. The molecule has 0 amide bonds. The van der Waals surface area contributed by atoms with Crippen molar-refractivity contribution >= 4 is 11.6 Å². The summed E-state index contributed by atoms with van der Waals surface area (Å²) in [5.41, 5.74) is 7.91. The number of nitrogens with zero attached hydrogens (tertiary/aromatic N) is 2. The molecule has 0 atom stereocenters. The van der Waals surface area contributed by atoms with Crippen LogP contribution < -0.4 is 10.5 Å². The largest absolute Gasteiger partial charge is 0.497 e. The van der Waals surface area contributed by atoms with Gasteiger partial charge in [0.2, 0.25) is 0 Å². The lowest BCUT2D eigenvalue weighted by Crippen LogP contribution is -2.00. The van der Waals surface area contributed by atoms with Crippen molar-refractivity contribution in [2.45, 2.75) is 6.54 Å². The van der Waals surface area contributed by atoms with Gasteiger partial charge in [-0.2, -0.15) is 0 Å². The Morgan fingerprint density at radius 2 is 2.12 bits per heavy atom. The first kappa shape index (κ1) is 11.8. The summed E-state index contributed by atoms with van der Waals surface area (Å²) in [6.45, 7) is 0.378. The van der Waals surface area contributed by atoms with E-state index in [4.69, 9.17) is 22.1 Å². The lowest BCUT2D eigenvalue weighted by atomic mass is 10.1. The number of benzene rings is 1. The molecule has 5 heteroatoms. The number of nitrogens with two attached hydrogens (primary N) is 1. The molecule has 0 fully saturated rings. The SMILES string of the molecule is COc1ccc(-c2cc(CN)ncn2)c(Cl)c1. The second kappa shape index (κ2) is 5.12. The van der Waals surface area contributed by atoms with Crippen LogP contribution in [0, 0.1) is 0 Å². The normalized spacial score (nSPS) is 10.3. The van der Waals surface area contributed by atoms with E-state index in [1.165, 1.54) is 6.33 Å². The summed E-state index contributed by atoms with van der Waals surface area (Å²) in [5.74, 6) is 0.715. The molecule has 0 radical (unpaired) electrons. The Morgan fingerprint density at radius 1 is 1.29 bits per heavy atom. The van der Waals surface area contributed by atoms with Gasteiger partial charge in [-0.15, -0.1) is 0 Å². The molecular weight excluding hydrogens is 238 g/mol. The molecule has 2 aromatic rings. The summed E-state index contributed by atoms with van der Waals surface area (Å²) in [7, 11) is 1.60. The first-order valence-corrected chi connectivity index (χ1v) is 5.47. The van der Waals surface area contributed by atoms with E-state index >= 15 is 0 Å². The monoisotopic (exact) mass is 249 g/mol. The van der Waals surface area contributed by atoms with Crippen molar-refractivity contribution in [2.24, 2.45) is 5.73 Å². The van der Waals surface area contributed by atoms with Crippen LogP contribution in [0.4, 0.5) is 0 Å². The summed E-state index contributed by atoms with van der Waals surface area (Å²) in [4.78, 5) is 8.22. The second-order valence-electron chi connectivity index (χ2n) is 3.44. The maximum atomic E-state index is 6.17. The van der Waals surface area contributed by atoms with Crippen molar-refractivity contribution < 1.29 is 4.74 Å². The van der Waals surface area contributed by atoms with Crippen LogP contribution in [0.3, 0.4) is 0 Å². The molecule has 4 nitrogen and oxygen atoms in total. The Morgan fingerprint density at radius 3 is 2.76 bits per heavy atom. The molecule has 1 aromatic heterocycles. The fourth-order valence-corrected chi connectivity index (χ4v) is 1.75. The zero-order valence-corrected chi connectivity index (χ0v) is 10.1. The van der Waals surface area contributed by atoms with Crippen LogP contribution in [0.1, 0.15) is 5.69 Å². The van der Waals surface area contributed by atoms with E-state index in [9.17, 15) is 0 Å². The minimum Gasteiger partial charge on any atom is -0.497 e. The molecule has 0 unspecified atom stereocenters. The van der Waals surface area contributed by atoms with Crippen LogP contribution in [-0.2, 0) is 6.54 Å². The average Bonchev–Trinajstić information content (AvgIpc) is 2.38. The van der Waals surface area contributed by atoms with Gasteiger partial charge in [0.1, 0.15) is 12.1 Å². The van der Waals surface area contributed by atoms with Crippen molar-refractivity contribution in [3.8, 4) is 17.0 Å². The van der Waals surface area contributed by atoms with Gasteiger partial charge >= 0.3 is 0 Å². The van der Waals surface area contributed by atoms with Crippen LogP contribution in [0.2, 0.25) is 5.02 Å². The zero-order chi connectivity index (χ0) is 12.3. The van der Waals surface area contributed by atoms with Gasteiger partial charge in [-0.3, -0.25) is 0 Å². The molecule has 2 N–H and O–H groups in total. The first-order chi connectivity index (χ1) is 8.24. The lowest BCUT2D eigenvalue weighted by molar-refractivity contribution is 0.415. The molecule has 0 aliphatic rings. The van der Waals surface area contributed by atoms with Crippen molar-refractivity contribution in [3.63, 3.8) is 0 Å². The van der Waals surface area contributed by atoms with E-state index in [1.807, 2.05) is 18.2 Å². The van der Waals surface area contributed by atoms with Gasteiger partial charge in [0.25, 0.3) is 0 Å². The van der Waals surface area contributed by atoms with E-state index in [2.05, 4.69) is 9.97 Å². The highest BCUT2D eigenvalue weighted by molar-refractivity contribution is 6.33. The summed E-state index contributed by atoms with van der Waals surface area (Å²) in [6, 6.07) is 7.28. The average molecular weight is 250 g/mol. The van der Waals surface area contributed by atoms with Gasteiger partial charge in [0.05, 0.1) is 23.5 Å². The van der Waals surface area contributed by atoms with Crippen molar-refractivity contribution in [1.29, 1.82) is 0 Å². The van der Waals surface area contributed by atoms with Gasteiger partial charge in [-0.25, -0.2) is 9.97 Å². The number of methoxy groups -OCH3 is 1. The van der Waals surface area contributed by atoms with E-state index in [0.717, 1.165) is 17.0 Å². The fraction of sp³-hybridized carbons (Fsp3) is 0.167. The van der Waals surface area contributed by atoms with Crippen molar-refractivity contribution in [2.75, 3.05) is 7.11 Å². The third-order valence-electron chi connectivity index (χ3n) is 2.39. The molecule has 0 saturated heterocycles. The Labute approximate surface area is 104 Å². The van der Waals surface area contributed by atoms with Gasteiger partial charge in [-0.1, -0.05) is 11.6 Å². The summed E-state index contributed by atoms with van der Waals surface area (Å²) in [6.07, 6.45) is 1.48. The smallest absolute Gasteiger partial charge is 0.120 e. The molecule has 17 heavy (non-hydrogen) atoms. The number of hydrogen-bond donors (Lipinski definition) is 1. The summed E-state index contributed by atoms with van der Waals surface area (Å²) in [5, 5.41) is 0.589. The molecule has 0 aliphatic heterocycles. The number of aromatic nitrogens is 2. The fourth-order valence-electron chi connectivity index (χ4n) is 1.49. The van der Waals surface area contributed by atoms with Crippen LogP contribution in [0.5, 0.6) is 5.75 Å². The minimum atomic E-state index is 0.378. The van der Waals surface area contributed by atoms with E-state index in [0.29, 0.717) is 17.3 Å². The predicted molar refractivity (Wildman–Crippen MR) is 66.9 cm³/mol. The first-order valence-electron chi connectivity index (χ1n) is 5.09. The van der Waals surface area contributed by atoms with Crippen molar-refractivity contribution in [3.05, 3.63) is 41.3 Å². The topological polar surface area (TPSA) is 61.0 Å². The maximum Gasteiger partial charge on any atom is 0.120 e. The van der Waals surface area contributed by atoms with Gasteiger partial charge < -0.3 is 10.5 Å². The van der Waals surface area contributed by atoms with E-state index in [1.54, 1.807) is 13.2 Å². The third kappa shape index (κ3) is 2.54. The number of rotatable bonds is 3. The van der Waals surface area contributed by atoms with Gasteiger partial charge in [-0.05, 0) is 24.3 Å². The van der Waals surface area contributed by atoms with E-state index in [-0.39, 0.29) is 0 Å². The number of halogens is 1. The molecule has 0 spiro atoms. The molecule has 0 bridgehead atoms. The number of ether oxygens (including phenoxy) is 1. The highest BCUT2D eigenvalue weighted by atomic mass is 35.5. The Balaban J connectivity index is 2.45. The molecule has 1 heterocycles. The Kier molecular flexibility index (Phi) is 3.56. The molecular formula is C12H12ClN3O. The van der Waals surface area contributed by atoms with Crippen LogP contribution in [0.25, 0.3) is 11.3 Å². The molecule has 0 saturated carbocycles. The third-order valence-corrected chi connectivity index (χ3v) is 2.70. The van der Waals surface area contributed by atoms with E-state index < -0.39 is 0 Å². The standard InChI is InChI=1S/C12H12ClN3O/c1-17-9-2-3-10(11(13)5-9)12-4-8(6-14)15-7-16-12/h2-5,7H,6,14H2,1H3. The Hall–Kier alpha value is -1.65. The van der Waals surface area contributed by atoms with Crippen LogP contribution in [-0.4, -0.2) is 17.1 Å². The summed E-state index contributed by atoms with van der Waals surface area (Å²) >= 11 is 6.17. The highest BCUT2D eigenvalue weighted by Gasteiger charge is 2.07. The molecule has 1 aromatic carbocycles. The quantitative estimate of drug-likeness (QED) is 0.907. The Bertz CT molecular complexity index is 531. The van der Waals surface area contributed by atoms with Crippen molar-refractivity contribution in [1.82, 2.24) is 9.97 Å². The van der Waals surface area contributed by atoms with Crippen LogP contribution in [0.15, 0.2) is 30.6 Å². The zero-order valence-electron chi connectivity index (χ0n) is 9.35. The molecule has 88 valence electrons. The summed E-state index contributed by atoms with van der Waals surface area (Å²) < 4.78 is 5.09. The van der Waals surface area contributed by atoms with Gasteiger partial charge in [0.15, 0.2) is 0 Å². The second-order valence-corrected chi connectivity index (χ2v) is 3.85. The van der Waals surface area contributed by atoms with Crippen LogP contribution >= 0.6 is 11.6 Å². The molecule has 2 rings (SSSR count).